The molecule has 6 heteroatoms. The molecule has 94 valence electrons. The molecule has 1 aromatic heterocycles. The second-order valence-electron chi connectivity index (χ2n) is 4.56. The van der Waals surface area contributed by atoms with E-state index in [1.54, 1.807) is 0 Å². The normalized spacial score (nSPS) is 21.4. The molecule has 3 heterocycles. The summed E-state index contributed by atoms with van der Waals surface area (Å²) in [6.45, 7) is 7.75. The first-order chi connectivity index (χ1) is 8.43. The van der Waals surface area contributed by atoms with Gasteiger partial charge in [-0.25, -0.2) is 0 Å². The van der Waals surface area contributed by atoms with Crippen LogP contribution < -0.4 is 5.32 Å². The van der Waals surface area contributed by atoms with E-state index in [0.717, 1.165) is 70.6 Å². The van der Waals surface area contributed by atoms with Crippen molar-refractivity contribution in [2.45, 2.75) is 19.5 Å². The molecule has 0 unspecified atom stereocenters. The van der Waals surface area contributed by atoms with Gasteiger partial charge in [0.05, 0.1) is 19.8 Å². The Morgan fingerprint density at radius 3 is 2.94 bits per heavy atom. The Morgan fingerprint density at radius 1 is 1.18 bits per heavy atom. The van der Waals surface area contributed by atoms with Crippen molar-refractivity contribution >= 4 is 0 Å². The van der Waals surface area contributed by atoms with Gasteiger partial charge < -0.3 is 14.6 Å². The maximum absolute atomic E-state index is 5.34. The third-order valence-corrected chi connectivity index (χ3v) is 3.45. The Balaban J connectivity index is 1.59. The molecule has 0 aliphatic carbocycles. The Morgan fingerprint density at radius 2 is 2.06 bits per heavy atom. The minimum absolute atomic E-state index is 0.852. The number of nitrogens with one attached hydrogen (secondary N) is 1. The number of hydrogen-bond donors (Lipinski definition) is 1. The summed E-state index contributed by atoms with van der Waals surface area (Å²) in [7, 11) is 0. The van der Waals surface area contributed by atoms with Crippen molar-refractivity contribution in [3.63, 3.8) is 0 Å². The van der Waals surface area contributed by atoms with Crippen LogP contribution >= 0.6 is 0 Å². The monoisotopic (exact) mass is 237 g/mol. The molecular weight excluding hydrogens is 218 g/mol. The van der Waals surface area contributed by atoms with Gasteiger partial charge in [0.2, 0.25) is 0 Å². The summed E-state index contributed by atoms with van der Waals surface area (Å²) in [4.78, 5) is 2.44. The van der Waals surface area contributed by atoms with Crippen molar-refractivity contribution in [1.82, 2.24) is 25.0 Å². The third-order valence-electron chi connectivity index (χ3n) is 3.45. The molecule has 2 aliphatic heterocycles. The fraction of sp³-hybridized carbons (Fsp3) is 0.818. The lowest BCUT2D eigenvalue weighted by molar-refractivity contribution is 0.0381. The molecule has 2 aliphatic rings. The minimum Gasteiger partial charge on any atom is -0.379 e. The lowest BCUT2D eigenvalue weighted by atomic mass is 10.3. The van der Waals surface area contributed by atoms with Gasteiger partial charge in [-0.1, -0.05) is 0 Å². The number of morpholine rings is 1. The molecule has 0 bridgehead atoms. The highest BCUT2D eigenvalue weighted by Crippen LogP contribution is 2.07. The number of fused-ring (bicyclic) bond motifs is 1. The van der Waals surface area contributed by atoms with E-state index in [1.807, 2.05) is 0 Å². The molecule has 3 rings (SSSR count). The molecule has 0 aromatic carbocycles. The van der Waals surface area contributed by atoms with Crippen LogP contribution in [-0.2, 0) is 24.2 Å². The smallest absolute Gasteiger partial charge is 0.147 e. The predicted molar refractivity (Wildman–Crippen MR) is 62.7 cm³/mol. The summed E-state index contributed by atoms with van der Waals surface area (Å²) in [5.41, 5.74) is 0. The molecule has 1 fully saturated rings. The number of rotatable bonds is 3. The Labute approximate surface area is 101 Å². The van der Waals surface area contributed by atoms with E-state index in [9.17, 15) is 0 Å². The zero-order chi connectivity index (χ0) is 11.5. The van der Waals surface area contributed by atoms with E-state index < -0.39 is 0 Å². The van der Waals surface area contributed by atoms with Gasteiger partial charge in [0, 0.05) is 39.1 Å². The zero-order valence-corrected chi connectivity index (χ0v) is 10.1. The molecule has 1 aromatic rings. The molecular formula is C11H19N5O. The van der Waals surface area contributed by atoms with Gasteiger partial charge >= 0.3 is 0 Å². The Kier molecular flexibility index (Phi) is 3.35. The van der Waals surface area contributed by atoms with Gasteiger partial charge in [0.25, 0.3) is 0 Å². The molecule has 17 heavy (non-hydrogen) atoms. The van der Waals surface area contributed by atoms with E-state index in [1.165, 1.54) is 0 Å². The Bertz CT molecular complexity index is 372. The molecule has 6 nitrogen and oxygen atoms in total. The van der Waals surface area contributed by atoms with Crippen LogP contribution in [0.4, 0.5) is 0 Å². The Hall–Kier alpha value is -0.980. The first-order valence-corrected chi connectivity index (χ1v) is 6.35. The van der Waals surface area contributed by atoms with Crippen molar-refractivity contribution in [2.75, 3.05) is 39.4 Å². The van der Waals surface area contributed by atoms with Crippen molar-refractivity contribution in [3.05, 3.63) is 11.6 Å². The summed E-state index contributed by atoms with van der Waals surface area (Å²) >= 11 is 0. The van der Waals surface area contributed by atoms with E-state index >= 15 is 0 Å². The fourth-order valence-corrected chi connectivity index (χ4v) is 2.42. The summed E-state index contributed by atoms with van der Waals surface area (Å²) in [5, 5.41) is 11.8. The summed E-state index contributed by atoms with van der Waals surface area (Å²) < 4.78 is 7.61. The SMILES string of the molecule is C1Cn2c(CCN3CCOCC3)nnc2CN1. The largest absolute Gasteiger partial charge is 0.379 e. The lowest BCUT2D eigenvalue weighted by Gasteiger charge is -2.26. The van der Waals surface area contributed by atoms with Crippen molar-refractivity contribution in [1.29, 1.82) is 0 Å². The van der Waals surface area contributed by atoms with Gasteiger partial charge in [-0.2, -0.15) is 0 Å². The van der Waals surface area contributed by atoms with Crippen LogP contribution in [0.3, 0.4) is 0 Å². The van der Waals surface area contributed by atoms with Crippen LogP contribution in [0.5, 0.6) is 0 Å². The molecule has 0 amide bonds. The van der Waals surface area contributed by atoms with Crippen LogP contribution in [0, 0.1) is 0 Å². The fourth-order valence-electron chi connectivity index (χ4n) is 2.42. The molecule has 1 N–H and O–H groups in total. The van der Waals surface area contributed by atoms with Crippen molar-refractivity contribution in [2.24, 2.45) is 0 Å². The van der Waals surface area contributed by atoms with E-state index in [0.29, 0.717) is 0 Å². The highest BCUT2D eigenvalue weighted by Gasteiger charge is 2.16. The molecule has 0 saturated carbocycles. The number of nitrogens with zero attached hydrogens (tertiary/aromatic N) is 4. The molecule has 0 radical (unpaired) electrons. The number of aromatic nitrogens is 3. The maximum atomic E-state index is 5.34. The summed E-state index contributed by atoms with van der Waals surface area (Å²) in [6.07, 6.45) is 0.993. The van der Waals surface area contributed by atoms with Crippen LogP contribution in [0.1, 0.15) is 11.6 Å². The highest BCUT2D eigenvalue weighted by molar-refractivity contribution is 4.99. The number of ether oxygens (including phenoxy) is 1. The average Bonchev–Trinajstić information content (AvgIpc) is 2.81. The van der Waals surface area contributed by atoms with Gasteiger partial charge in [0.1, 0.15) is 11.6 Å². The molecule has 1 saturated heterocycles. The van der Waals surface area contributed by atoms with Crippen LogP contribution in [0.15, 0.2) is 0 Å². The average molecular weight is 237 g/mol. The van der Waals surface area contributed by atoms with Crippen LogP contribution in [0.25, 0.3) is 0 Å². The van der Waals surface area contributed by atoms with Gasteiger partial charge in [-0.3, -0.25) is 4.90 Å². The van der Waals surface area contributed by atoms with Gasteiger partial charge in [-0.15, -0.1) is 10.2 Å². The number of hydrogen-bond acceptors (Lipinski definition) is 5. The van der Waals surface area contributed by atoms with E-state index in [-0.39, 0.29) is 0 Å². The van der Waals surface area contributed by atoms with Crippen LogP contribution in [0.2, 0.25) is 0 Å². The third kappa shape index (κ3) is 2.48. The standard InChI is InChI=1S/C11H19N5O/c1(3-15-5-7-17-8-6-15)10-13-14-11-9-12-2-4-16(10)11/h12H,1-9H2. The first-order valence-electron chi connectivity index (χ1n) is 6.35. The highest BCUT2D eigenvalue weighted by atomic mass is 16.5. The van der Waals surface area contributed by atoms with Gasteiger partial charge in [-0.05, 0) is 0 Å². The zero-order valence-electron chi connectivity index (χ0n) is 10.1. The van der Waals surface area contributed by atoms with Crippen molar-refractivity contribution < 1.29 is 4.74 Å². The predicted octanol–water partition coefficient (Wildman–Crippen LogP) is -0.744. The molecule has 0 atom stereocenters. The lowest BCUT2D eigenvalue weighted by Crippen LogP contribution is -2.38. The quantitative estimate of drug-likeness (QED) is 0.750. The van der Waals surface area contributed by atoms with Gasteiger partial charge in [0.15, 0.2) is 0 Å². The topological polar surface area (TPSA) is 55.2 Å². The minimum atomic E-state index is 0.852. The van der Waals surface area contributed by atoms with Crippen LogP contribution in [-0.4, -0.2) is 59.1 Å². The van der Waals surface area contributed by atoms with E-state index in [2.05, 4.69) is 25.0 Å². The maximum Gasteiger partial charge on any atom is 0.147 e. The molecule has 0 spiro atoms. The van der Waals surface area contributed by atoms with Crippen molar-refractivity contribution in [3.8, 4) is 0 Å². The second-order valence-corrected chi connectivity index (χ2v) is 4.56. The summed E-state index contributed by atoms with van der Waals surface area (Å²) in [6, 6.07) is 0. The van der Waals surface area contributed by atoms with E-state index in [4.69, 9.17) is 4.74 Å². The summed E-state index contributed by atoms with van der Waals surface area (Å²) in [5.74, 6) is 2.21. The first kappa shape index (κ1) is 11.1. The second kappa shape index (κ2) is 5.12.